The van der Waals surface area contributed by atoms with E-state index in [9.17, 15) is 9.59 Å². The summed E-state index contributed by atoms with van der Waals surface area (Å²) in [6.45, 7) is 6.90. The number of esters is 2. The molecule has 146 valence electrons. The van der Waals surface area contributed by atoms with E-state index in [0.717, 1.165) is 38.7 Å². The molecule has 0 saturated carbocycles. The molecule has 0 radical (unpaired) electrons. The summed E-state index contributed by atoms with van der Waals surface area (Å²) in [5.41, 5.74) is 0.454. The average Bonchev–Trinajstić information content (AvgIpc) is 2.61. The van der Waals surface area contributed by atoms with E-state index in [1.165, 1.54) is 19.8 Å². The van der Waals surface area contributed by atoms with Crippen molar-refractivity contribution in [3.63, 3.8) is 0 Å². The molecule has 1 aromatic carbocycles. The standard InChI is InChI=1S/C21H32O5/c1-4-5-8-15-24-17(2)10-7-6-9-16-25-21(23)19-11-13-20(14-12-19)26-18(3)22/h11-14,17H,4-10,15-16H2,1-3H3. The van der Waals surface area contributed by atoms with Crippen LogP contribution in [0.4, 0.5) is 0 Å². The van der Waals surface area contributed by atoms with E-state index in [1.54, 1.807) is 24.3 Å². The second kappa shape index (κ2) is 13.3. The molecule has 1 atom stereocenters. The smallest absolute Gasteiger partial charge is 0.338 e. The van der Waals surface area contributed by atoms with Gasteiger partial charge in [-0.1, -0.05) is 26.2 Å². The van der Waals surface area contributed by atoms with Crippen LogP contribution in [0.25, 0.3) is 0 Å². The lowest BCUT2D eigenvalue weighted by molar-refractivity contribution is -0.131. The van der Waals surface area contributed by atoms with Crippen molar-refractivity contribution in [3.05, 3.63) is 29.8 Å². The molecule has 0 saturated heterocycles. The first-order valence-corrected chi connectivity index (χ1v) is 9.60. The first kappa shape index (κ1) is 22.2. The van der Waals surface area contributed by atoms with E-state index in [2.05, 4.69) is 13.8 Å². The SMILES string of the molecule is CCCCCOC(C)CCCCCOC(=O)c1ccc(OC(C)=O)cc1. The van der Waals surface area contributed by atoms with Crippen molar-refractivity contribution in [3.8, 4) is 5.75 Å². The normalized spacial score (nSPS) is 11.8. The number of rotatable bonds is 13. The van der Waals surface area contributed by atoms with Gasteiger partial charge in [0.1, 0.15) is 5.75 Å². The van der Waals surface area contributed by atoms with E-state index in [4.69, 9.17) is 14.2 Å². The number of benzene rings is 1. The molecular weight excluding hydrogens is 332 g/mol. The maximum atomic E-state index is 11.9. The Kier molecular flexibility index (Phi) is 11.4. The molecule has 0 aromatic heterocycles. The topological polar surface area (TPSA) is 61.8 Å². The zero-order valence-corrected chi connectivity index (χ0v) is 16.3. The van der Waals surface area contributed by atoms with Crippen LogP contribution in [-0.2, 0) is 14.3 Å². The van der Waals surface area contributed by atoms with Gasteiger partial charge in [-0.25, -0.2) is 4.79 Å². The van der Waals surface area contributed by atoms with Gasteiger partial charge < -0.3 is 14.2 Å². The van der Waals surface area contributed by atoms with Crippen LogP contribution < -0.4 is 4.74 Å². The first-order valence-electron chi connectivity index (χ1n) is 9.60. The largest absolute Gasteiger partial charge is 0.462 e. The molecule has 0 N–H and O–H groups in total. The van der Waals surface area contributed by atoms with Gasteiger partial charge in [0.15, 0.2) is 0 Å². The van der Waals surface area contributed by atoms with Crippen LogP contribution in [0.3, 0.4) is 0 Å². The van der Waals surface area contributed by atoms with Crippen molar-refractivity contribution in [2.75, 3.05) is 13.2 Å². The van der Waals surface area contributed by atoms with Crippen molar-refractivity contribution >= 4 is 11.9 Å². The molecule has 0 spiro atoms. The minimum atomic E-state index is -0.388. The molecule has 0 fully saturated rings. The Morgan fingerprint density at radius 2 is 1.65 bits per heavy atom. The highest BCUT2D eigenvalue weighted by molar-refractivity contribution is 5.89. The van der Waals surface area contributed by atoms with Crippen LogP contribution in [-0.4, -0.2) is 31.3 Å². The third-order valence-electron chi connectivity index (χ3n) is 3.99. The number of carbonyl (C=O) groups is 2. The lowest BCUT2D eigenvalue weighted by Gasteiger charge is -2.12. The summed E-state index contributed by atoms with van der Waals surface area (Å²) < 4.78 is 16.0. The van der Waals surface area contributed by atoms with E-state index >= 15 is 0 Å². The fourth-order valence-corrected chi connectivity index (χ4v) is 2.50. The number of ether oxygens (including phenoxy) is 3. The highest BCUT2D eigenvalue weighted by Crippen LogP contribution is 2.14. The van der Waals surface area contributed by atoms with Gasteiger partial charge in [-0.05, 0) is 56.9 Å². The lowest BCUT2D eigenvalue weighted by Crippen LogP contribution is -2.10. The van der Waals surface area contributed by atoms with Crippen LogP contribution in [0.1, 0.15) is 76.1 Å². The van der Waals surface area contributed by atoms with Crippen LogP contribution in [0.15, 0.2) is 24.3 Å². The molecule has 0 aliphatic rings. The summed E-state index contributed by atoms with van der Waals surface area (Å²) in [6.07, 6.45) is 7.85. The first-order chi connectivity index (χ1) is 12.5. The Morgan fingerprint density at radius 1 is 0.962 bits per heavy atom. The molecule has 0 aliphatic carbocycles. The molecule has 0 aliphatic heterocycles. The van der Waals surface area contributed by atoms with Gasteiger partial charge in [-0.2, -0.15) is 0 Å². The Labute approximate surface area is 157 Å². The van der Waals surface area contributed by atoms with Gasteiger partial charge in [-0.3, -0.25) is 4.79 Å². The highest BCUT2D eigenvalue weighted by Gasteiger charge is 2.08. The predicted molar refractivity (Wildman–Crippen MR) is 101 cm³/mol. The van der Waals surface area contributed by atoms with Crippen LogP contribution >= 0.6 is 0 Å². The zero-order chi connectivity index (χ0) is 19.2. The van der Waals surface area contributed by atoms with Crippen LogP contribution in [0, 0.1) is 0 Å². The van der Waals surface area contributed by atoms with E-state index in [-0.39, 0.29) is 11.9 Å². The summed E-state index contributed by atoms with van der Waals surface area (Å²) >= 11 is 0. The average molecular weight is 364 g/mol. The van der Waals surface area contributed by atoms with Crippen molar-refractivity contribution in [2.24, 2.45) is 0 Å². The van der Waals surface area contributed by atoms with Crippen LogP contribution in [0.2, 0.25) is 0 Å². The summed E-state index contributed by atoms with van der Waals surface area (Å²) in [5, 5.41) is 0. The van der Waals surface area contributed by atoms with E-state index in [1.807, 2.05) is 0 Å². The third kappa shape index (κ3) is 10.2. The van der Waals surface area contributed by atoms with Gasteiger partial charge in [0.05, 0.1) is 18.3 Å². The number of hydrogen-bond acceptors (Lipinski definition) is 5. The number of unbranched alkanes of at least 4 members (excludes halogenated alkanes) is 4. The molecule has 0 bridgehead atoms. The maximum absolute atomic E-state index is 11.9. The van der Waals surface area contributed by atoms with Gasteiger partial charge >= 0.3 is 11.9 Å². The van der Waals surface area contributed by atoms with Gasteiger partial charge in [0.2, 0.25) is 0 Å². The van der Waals surface area contributed by atoms with E-state index in [0.29, 0.717) is 24.0 Å². The molecule has 0 heterocycles. The second-order valence-electron chi connectivity index (χ2n) is 6.49. The summed E-state index contributed by atoms with van der Waals surface area (Å²) in [5.74, 6) is -0.326. The fraction of sp³-hybridized carbons (Fsp3) is 0.619. The lowest BCUT2D eigenvalue weighted by atomic mass is 10.1. The molecule has 1 unspecified atom stereocenters. The number of carbonyl (C=O) groups excluding carboxylic acids is 2. The van der Waals surface area contributed by atoms with Gasteiger partial charge in [0.25, 0.3) is 0 Å². The third-order valence-corrected chi connectivity index (χ3v) is 3.99. The molecule has 5 nitrogen and oxygen atoms in total. The van der Waals surface area contributed by atoms with Crippen molar-refractivity contribution < 1.29 is 23.8 Å². The monoisotopic (exact) mass is 364 g/mol. The number of hydrogen-bond donors (Lipinski definition) is 0. The Bertz CT molecular complexity index is 524. The maximum Gasteiger partial charge on any atom is 0.338 e. The highest BCUT2D eigenvalue weighted by atomic mass is 16.5. The van der Waals surface area contributed by atoms with Crippen molar-refractivity contribution in [2.45, 2.75) is 71.8 Å². The molecule has 1 rings (SSSR count). The van der Waals surface area contributed by atoms with Gasteiger partial charge in [0, 0.05) is 13.5 Å². The molecule has 5 heteroatoms. The minimum absolute atomic E-state index is 0.296. The molecular formula is C21H32O5. The van der Waals surface area contributed by atoms with E-state index < -0.39 is 0 Å². The Hall–Kier alpha value is -1.88. The minimum Gasteiger partial charge on any atom is -0.462 e. The summed E-state index contributed by atoms with van der Waals surface area (Å²) in [7, 11) is 0. The fourth-order valence-electron chi connectivity index (χ4n) is 2.50. The van der Waals surface area contributed by atoms with Crippen molar-refractivity contribution in [1.29, 1.82) is 0 Å². The Morgan fingerprint density at radius 3 is 2.31 bits per heavy atom. The molecule has 26 heavy (non-hydrogen) atoms. The van der Waals surface area contributed by atoms with Crippen molar-refractivity contribution in [1.82, 2.24) is 0 Å². The molecule has 1 aromatic rings. The zero-order valence-electron chi connectivity index (χ0n) is 16.3. The van der Waals surface area contributed by atoms with Crippen LogP contribution in [0.5, 0.6) is 5.75 Å². The summed E-state index contributed by atoms with van der Waals surface area (Å²) in [6, 6.07) is 6.36. The molecule has 0 amide bonds. The summed E-state index contributed by atoms with van der Waals surface area (Å²) in [4.78, 5) is 22.8. The predicted octanol–water partition coefficient (Wildman–Crippen LogP) is 4.92. The van der Waals surface area contributed by atoms with Gasteiger partial charge in [-0.15, -0.1) is 0 Å². The Balaban J connectivity index is 2.10. The second-order valence-corrected chi connectivity index (χ2v) is 6.49. The quantitative estimate of drug-likeness (QED) is 0.282.